The van der Waals surface area contributed by atoms with E-state index in [-0.39, 0.29) is 5.97 Å². The van der Waals surface area contributed by atoms with Crippen LogP contribution in [0.25, 0.3) is 0 Å². The maximum Gasteiger partial charge on any atom is 0.319 e. The average Bonchev–Trinajstić information content (AvgIpc) is 2.01. The molecule has 0 aliphatic rings. The normalized spacial score (nSPS) is 9.64. The highest BCUT2D eigenvalue weighted by atomic mass is 16.5. The van der Waals surface area contributed by atoms with E-state index in [4.69, 9.17) is 4.74 Å². The SMILES string of the molecule is CCCCOC(=O)CNCC. The van der Waals surface area contributed by atoms with Gasteiger partial charge in [-0.2, -0.15) is 0 Å². The fraction of sp³-hybridized carbons (Fsp3) is 0.875. The predicted octanol–water partition coefficient (Wildman–Crippen LogP) is 0.939. The third-order valence-corrected chi connectivity index (χ3v) is 1.28. The van der Waals surface area contributed by atoms with Crippen molar-refractivity contribution in [2.45, 2.75) is 26.7 Å². The molecule has 0 saturated carbocycles. The second-order valence-electron chi connectivity index (χ2n) is 2.35. The molecule has 1 N–H and O–H groups in total. The monoisotopic (exact) mass is 159 g/mol. The van der Waals surface area contributed by atoms with Crippen LogP contribution in [0.3, 0.4) is 0 Å². The zero-order valence-corrected chi connectivity index (χ0v) is 7.35. The van der Waals surface area contributed by atoms with Crippen molar-refractivity contribution in [3.63, 3.8) is 0 Å². The van der Waals surface area contributed by atoms with Gasteiger partial charge in [-0.25, -0.2) is 0 Å². The third kappa shape index (κ3) is 7.33. The lowest BCUT2D eigenvalue weighted by atomic mass is 10.4. The molecule has 0 rings (SSSR count). The summed E-state index contributed by atoms with van der Waals surface area (Å²) in [5.74, 6) is -0.152. The molecule has 0 unspecified atom stereocenters. The highest BCUT2D eigenvalue weighted by Crippen LogP contribution is 1.87. The minimum Gasteiger partial charge on any atom is -0.465 e. The van der Waals surface area contributed by atoms with E-state index in [2.05, 4.69) is 12.2 Å². The summed E-state index contributed by atoms with van der Waals surface area (Å²) in [7, 11) is 0. The number of esters is 1. The van der Waals surface area contributed by atoms with Gasteiger partial charge in [-0.3, -0.25) is 4.79 Å². The van der Waals surface area contributed by atoms with Crippen LogP contribution in [0.1, 0.15) is 26.7 Å². The summed E-state index contributed by atoms with van der Waals surface area (Å²) in [6.07, 6.45) is 2.02. The first-order valence-corrected chi connectivity index (χ1v) is 4.17. The molecule has 0 aromatic carbocycles. The van der Waals surface area contributed by atoms with Crippen LogP contribution >= 0.6 is 0 Å². The lowest BCUT2D eigenvalue weighted by Gasteiger charge is -2.02. The van der Waals surface area contributed by atoms with Gasteiger partial charge in [0.2, 0.25) is 0 Å². The van der Waals surface area contributed by atoms with Crippen LogP contribution in [0.4, 0.5) is 0 Å². The first-order chi connectivity index (χ1) is 5.31. The largest absolute Gasteiger partial charge is 0.465 e. The maximum atomic E-state index is 10.8. The van der Waals surface area contributed by atoms with Crippen LogP contribution in [0.5, 0.6) is 0 Å². The molecule has 0 radical (unpaired) electrons. The van der Waals surface area contributed by atoms with Gasteiger partial charge in [-0.1, -0.05) is 20.3 Å². The van der Waals surface area contributed by atoms with E-state index in [0.717, 1.165) is 19.4 Å². The number of hydrogen-bond acceptors (Lipinski definition) is 3. The highest BCUT2D eigenvalue weighted by Gasteiger charge is 1.98. The van der Waals surface area contributed by atoms with Gasteiger partial charge >= 0.3 is 5.97 Å². The zero-order chi connectivity index (χ0) is 8.53. The molecule has 0 heterocycles. The van der Waals surface area contributed by atoms with Gasteiger partial charge < -0.3 is 10.1 Å². The Kier molecular flexibility index (Phi) is 7.15. The van der Waals surface area contributed by atoms with Crippen molar-refractivity contribution in [3.8, 4) is 0 Å². The maximum absolute atomic E-state index is 10.8. The van der Waals surface area contributed by atoms with Gasteiger partial charge in [0.15, 0.2) is 0 Å². The Morgan fingerprint density at radius 2 is 2.18 bits per heavy atom. The molecule has 0 aromatic rings. The molecule has 0 bridgehead atoms. The molecule has 0 saturated heterocycles. The summed E-state index contributed by atoms with van der Waals surface area (Å²) in [5, 5.41) is 2.90. The molecule has 0 aliphatic heterocycles. The molecule has 11 heavy (non-hydrogen) atoms. The van der Waals surface area contributed by atoms with Crippen molar-refractivity contribution in [1.29, 1.82) is 0 Å². The smallest absolute Gasteiger partial charge is 0.319 e. The fourth-order valence-corrected chi connectivity index (χ4v) is 0.608. The van der Waals surface area contributed by atoms with Crippen molar-refractivity contribution >= 4 is 5.97 Å². The van der Waals surface area contributed by atoms with E-state index >= 15 is 0 Å². The van der Waals surface area contributed by atoms with Crippen LogP contribution in [-0.2, 0) is 9.53 Å². The van der Waals surface area contributed by atoms with Gasteiger partial charge in [0, 0.05) is 0 Å². The van der Waals surface area contributed by atoms with Crippen molar-refractivity contribution in [2.75, 3.05) is 19.7 Å². The molecular formula is C8H17NO2. The number of carbonyl (C=O) groups is 1. The number of unbranched alkanes of at least 4 members (excludes halogenated alkanes) is 1. The molecule has 0 atom stereocenters. The second kappa shape index (κ2) is 7.54. The lowest BCUT2D eigenvalue weighted by molar-refractivity contribution is -0.142. The number of ether oxygens (including phenoxy) is 1. The van der Waals surface area contributed by atoms with Crippen molar-refractivity contribution < 1.29 is 9.53 Å². The summed E-state index contributed by atoms with van der Waals surface area (Å²) < 4.78 is 4.88. The number of hydrogen-bond donors (Lipinski definition) is 1. The van der Waals surface area contributed by atoms with Crippen LogP contribution < -0.4 is 5.32 Å². The number of likely N-dealkylation sites (N-methyl/N-ethyl adjacent to an activating group) is 1. The Morgan fingerprint density at radius 3 is 2.73 bits per heavy atom. The van der Waals surface area contributed by atoms with E-state index in [1.54, 1.807) is 0 Å². The van der Waals surface area contributed by atoms with E-state index in [1.165, 1.54) is 0 Å². The molecule has 66 valence electrons. The average molecular weight is 159 g/mol. The predicted molar refractivity (Wildman–Crippen MR) is 44.4 cm³/mol. The van der Waals surface area contributed by atoms with Crippen LogP contribution in [0.15, 0.2) is 0 Å². The summed E-state index contributed by atoms with van der Waals surface area (Å²) >= 11 is 0. The fourth-order valence-electron chi connectivity index (χ4n) is 0.608. The van der Waals surface area contributed by atoms with Gasteiger partial charge in [-0.15, -0.1) is 0 Å². The summed E-state index contributed by atoms with van der Waals surface area (Å²) in [4.78, 5) is 10.8. The molecule has 3 nitrogen and oxygen atoms in total. The number of carbonyl (C=O) groups excluding carboxylic acids is 1. The standard InChI is InChI=1S/C8H17NO2/c1-3-5-6-11-8(10)7-9-4-2/h9H,3-7H2,1-2H3. The van der Waals surface area contributed by atoms with E-state index in [0.29, 0.717) is 13.2 Å². The molecule has 0 aromatic heterocycles. The Hall–Kier alpha value is -0.570. The van der Waals surface area contributed by atoms with Crippen molar-refractivity contribution in [1.82, 2.24) is 5.32 Å². The van der Waals surface area contributed by atoms with E-state index in [9.17, 15) is 4.79 Å². The first kappa shape index (κ1) is 10.4. The van der Waals surface area contributed by atoms with Crippen LogP contribution in [-0.4, -0.2) is 25.7 Å². The first-order valence-electron chi connectivity index (χ1n) is 4.17. The topological polar surface area (TPSA) is 38.3 Å². The van der Waals surface area contributed by atoms with Gasteiger partial charge in [0.1, 0.15) is 0 Å². The summed E-state index contributed by atoms with van der Waals surface area (Å²) in [6, 6.07) is 0. The van der Waals surface area contributed by atoms with Gasteiger partial charge in [0.05, 0.1) is 13.2 Å². The lowest BCUT2D eigenvalue weighted by Crippen LogP contribution is -2.24. The van der Waals surface area contributed by atoms with Gasteiger partial charge in [0.25, 0.3) is 0 Å². The Balaban J connectivity index is 3.09. The van der Waals surface area contributed by atoms with E-state index < -0.39 is 0 Å². The van der Waals surface area contributed by atoms with Crippen molar-refractivity contribution in [3.05, 3.63) is 0 Å². The van der Waals surface area contributed by atoms with Crippen molar-refractivity contribution in [2.24, 2.45) is 0 Å². The molecular weight excluding hydrogens is 142 g/mol. The Bertz CT molecular complexity index is 104. The summed E-state index contributed by atoms with van der Waals surface area (Å²) in [6.45, 7) is 5.72. The highest BCUT2D eigenvalue weighted by molar-refractivity contribution is 5.71. The minimum atomic E-state index is -0.152. The van der Waals surface area contributed by atoms with Crippen LogP contribution in [0, 0.1) is 0 Å². The number of rotatable bonds is 6. The quantitative estimate of drug-likeness (QED) is 0.463. The Morgan fingerprint density at radius 1 is 1.45 bits per heavy atom. The number of nitrogens with one attached hydrogen (secondary N) is 1. The van der Waals surface area contributed by atoms with E-state index in [1.807, 2.05) is 6.92 Å². The molecule has 0 aliphatic carbocycles. The molecule has 0 spiro atoms. The second-order valence-corrected chi connectivity index (χ2v) is 2.35. The Labute approximate surface area is 68.1 Å². The molecule has 0 fully saturated rings. The molecule has 3 heteroatoms. The zero-order valence-electron chi connectivity index (χ0n) is 7.35. The van der Waals surface area contributed by atoms with Gasteiger partial charge in [-0.05, 0) is 13.0 Å². The van der Waals surface area contributed by atoms with Crippen LogP contribution in [0.2, 0.25) is 0 Å². The minimum absolute atomic E-state index is 0.152. The summed E-state index contributed by atoms with van der Waals surface area (Å²) in [5.41, 5.74) is 0. The molecule has 0 amide bonds. The third-order valence-electron chi connectivity index (χ3n) is 1.28.